The van der Waals surface area contributed by atoms with Gasteiger partial charge in [0.2, 0.25) is 0 Å². The van der Waals surface area contributed by atoms with Crippen LogP contribution in [0.5, 0.6) is 5.75 Å². The second-order valence-corrected chi connectivity index (χ2v) is 4.87. The van der Waals surface area contributed by atoms with E-state index in [1.807, 2.05) is 0 Å². The van der Waals surface area contributed by atoms with Gasteiger partial charge in [0, 0.05) is 12.6 Å². The fourth-order valence-corrected chi connectivity index (χ4v) is 2.09. The van der Waals surface area contributed by atoms with E-state index >= 15 is 0 Å². The van der Waals surface area contributed by atoms with Crippen molar-refractivity contribution in [2.75, 3.05) is 7.11 Å². The predicted octanol–water partition coefficient (Wildman–Crippen LogP) is 2.89. The summed E-state index contributed by atoms with van der Waals surface area (Å²) in [7, 11) is 1.72. The van der Waals surface area contributed by atoms with Gasteiger partial charge in [0.05, 0.1) is 7.11 Å². The average Bonchev–Trinajstić information content (AvgIpc) is 3.08. The first-order chi connectivity index (χ1) is 7.69. The fraction of sp³-hybridized carbons (Fsp3) is 0.571. The van der Waals surface area contributed by atoms with Crippen LogP contribution in [0.4, 0.5) is 0 Å². The lowest BCUT2D eigenvalue weighted by molar-refractivity contribution is 0.413. The molecule has 1 saturated carbocycles. The number of nitrogens with one attached hydrogen (secondary N) is 1. The highest BCUT2D eigenvalue weighted by atomic mass is 16.5. The van der Waals surface area contributed by atoms with Crippen molar-refractivity contribution in [2.24, 2.45) is 5.92 Å². The van der Waals surface area contributed by atoms with Gasteiger partial charge in [-0.25, -0.2) is 0 Å². The van der Waals surface area contributed by atoms with Crippen LogP contribution in [0.3, 0.4) is 0 Å². The molecule has 1 N–H and O–H groups in total. The summed E-state index contributed by atoms with van der Waals surface area (Å²) in [6.45, 7) is 5.33. The van der Waals surface area contributed by atoms with Gasteiger partial charge in [0.1, 0.15) is 5.75 Å². The lowest BCUT2D eigenvalue weighted by Crippen LogP contribution is -2.27. The Hall–Kier alpha value is -1.02. The van der Waals surface area contributed by atoms with Crippen LogP contribution in [0, 0.1) is 12.8 Å². The molecule has 0 saturated heterocycles. The Balaban J connectivity index is 1.94. The molecule has 1 unspecified atom stereocenters. The van der Waals surface area contributed by atoms with Crippen molar-refractivity contribution in [3.63, 3.8) is 0 Å². The van der Waals surface area contributed by atoms with Crippen molar-refractivity contribution >= 4 is 0 Å². The molecule has 2 heteroatoms. The highest BCUT2D eigenvalue weighted by molar-refractivity contribution is 5.33. The Kier molecular flexibility index (Phi) is 3.49. The molecular formula is C14H21NO. The number of benzene rings is 1. The van der Waals surface area contributed by atoms with E-state index in [2.05, 4.69) is 37.4 Å². The first-order valence-corrected chi connectivity index (χ1v) is 6.07. The van der Waals surface area contributed by atoms with E-state index < -0.39 is 0 Å². The lowest BCUT2D eigenvalue weighted by Gasteiger charge is -2.13. The highest BCUT2D eigenvalue weighted by Gasteiger charge is 2.27. The van der Waals surface area contributed by atoms with Crippen molar-refractivity contribution in [1.29, 1.82) is 0 Å². The largest absolute Gasteiger partial charge is 0.497 e. The summed E-state index contributed by atoms with van der Waals surface area (Å²) in [4.78, 5) is 0. The zero-order chi connectivity index (χ0) is 11.5. The first kappa shape index (κ1) is 11.5. The van der Waals surface area contributed by atoms with Crippen LogP contribution in [0.15, 0.2) is 18.2 Å². The molecule has 2 nitrogen and oxygen atoms in total. The number of ether oxygens (including phenoxy) is 1. The van der Waals surface area contributed by atoms with Gasteiger partial charge in [0.15, 0.2) is 0 Å². The Labute approximate surface area is 98.0 Å². The normalized spacial score (nSPS) is 17.2. The minimum atomic E-state index is 0.645. The molecule has 2 rings (SSSR count). The molecule has 0 spiro atoms. The van der Waals surface area contributed by atoms with Crippen LogP contribution >= 0.6 is 0 Å². The van der Waals surface area contributed by atoms with Crippen molar-refractivity contribution in [3.05, 3.63) is 29.3 Å². The zero-order valence-corrected chi connectivity index (χ0v) is 10.4. The van der Waals surface area contributed by atoms with E-state index in [4.69, 9.17) is 4.74 Å². The zero-order valence-electron chi connectivity index (χ0n) is 10.4. The topological polar surface area (TPSA) is 21.3 Å². The molecular weight excluding hydrogens is 198 g/mol. The third kappa shape index (κ3) is 2.99. The molecule has 0 amide bonds. The van der Waals surface area contributed by atoms with Crippen LogP contribution < -0.4 is 10.1 Å². The molecule has 0 heterocycles. The van der Waals surface area contributed by atoms with Crippen molar-refractivity contribution in [3.8, 4) is 5.75 Å². The number of aryl methyl sites for hydroxylation is 1. The minimum Gasteiger partial charge on any atom is -0.497 e. The smallest absolute Gasteiger partial charge is 0.119 e. The minimum absolute atomic E-state index is 0.645. The maximum absolute atomic E-state index is 5.27. The lowest BCUT2D eigenvalue weighted by atomic mass is 10.1. The molecule has 1 aromatic carbocycles. The van der Waals surface area contributed by atoms with E-state index in [0.717, 1.165) is 18.2 Å². The summed E-state index contributed by atoms with van der Waals surface area (Å²) in [5.41, 5.74) is 2.57. The van der Waals surface area contributed by atoms with Crippen LogP contribution in [-0.4, -0.2) is 13.2 Å². The molecule has 1 aliphatic rings. The molecule has 0 bridgehead atoms. The summed E-state index contributed by atoms with van der Waals surface area (Å²) in [5, 5.41) is 3.58. The van der Waals surface area contributed by atoms with Crippen LogP contribution in [0.25, 0.3) is 0 Å². The molecule has 1 atom stereocenters. The second-order valence-electron chi connectivity index (χ2n) is 4.87. The standard InChI is InChI=1S/C14H21NO/c1-10-6-12(8-14(7-10)16-3)9-15-11(2)13-4-5-13/h6-8,11,13,15H,4-5,9H2,1-3H3. The molecule has 1 fully saturated rings. The van der Waals surface area contributed by atoms with Crippen LogP contribution in [0.1, 0.15) is 30.9 Å². The first-order valence-electron chi connectivity index (χ1n) is 6.07. The van der Waals surface area contributed by atoms with Crippen LogP contribution in [0.2, 0.25) is 0 Å². The van der Waals surface area contributed by atoms with Gasteiger partial charge in [-0.15, -0.1) is 0 Å². The molecule has 0 radical (unpaired) electrons. The molecule has 0 aliphatic heterocycles. The molecule has 1 aromatic rings. The summed E-state index contributed by atoms with van der Waals surface area (Å²) in [6.07, 6.45) is 2.79. The Morgan fingerprint density at radius 2 is 2.12 bits per heavy atom. The Bertz CT molecular complexity index is 358. The summed E-state index contributed by atoms with van der Waals surface area (Å²) in [5.74, 6) is 1.86. The van der Waals surface area contributed by atoms with Gasteiger partial charge in [-0.3, -0.25) is 0 Å². The number of hydrogen-bond acceptors (Lipinski definition) is 2. The SMILES string of the molecule is COc1cc(C)cc(CNC(C)C2CC2)c1. The van der Waals surface area contributed by atoms with Gasteiger partial charge in [-0.2, -0.15) is 0 Å². The van der Waals surface area contributed by atoms with Crippen molar-refractivity contribution in [2.45, 2.75) is 39.3 Å². The predicted molar refractivity (Wildman–Crippen MR) is 66.8 cm³/mol. The van der Waals surface area contributed by atoms with Crippen molar-refractivity contribution < 1.29 is 4.74 Å². The van der Waals surface area contributed by atoms with E-state index in [9.17, 15) is 0 Å². The quantitative estimate of drug-likeness (QED) is 0.822. The monoisotopic (exact) mass is 219 g/mol. The van der Waals surface area contributed by atoms with Gasteiger partial charge in [0.25, 0.3) is 0 Å². The number of rotatable bonds is 5. The summed E-state index contributed by atoms with van der Waals surface area (Å²) in [6, 6.07) is 7.04. The van der Waals surface area contributed by atoms with Crippen LogP contribution in [-0.2, 0) is 6.54 Å². The summed E-state index contributed by atoms with van der Waals surface area (Å²) >= 11 is 0. The highest BCUT2D eigenvalue weighted by Crippen LogP contribution is 2.32. The van der Waals surface area contributed by atoms with Gasteiger partial charge in [-0.05, 0) is 55.9 Å². The second kappa shape index (κ2) is 4.88. The number of methoxy groups -OCH3 is 1. The molecule has 16 heavy (non-hydrogen) atoms. The van der Waals surface area contributed by atoms with E-state index in [0.29, 0.717) is 6.04 Å². The van der Waals surface area contributed by atoms with Gasteiger partial charge >= 0.3 is 0 Å². The maximum Gasteiger partial charge on any atom is 0.119 e. The van der Waals surface area contributed by atoms with Gasteiger partial charge in [-0.1, -0.05) is 6.07 Å². The summed E-state index contributed by atoms with van der Waals surface area (Å²) < 4.78 is 5.27. The third-order valence-electron chi connectivity index (χ3n) is 3.30. The average molecular weight is 219 g/mol. The maximum atomic E-state index is 5.27. The van der Waals surface area contributed by atoms with E-state index in [-0.39, 0.29) is 0 Å². The molecule has 1 aliphatic carbocycles. The molecule has 0 aromatic heterocycles. The Morgan fingerprint density at radius 3 is 2.75 bits per heavy atom. The third-order valence-corrected chi connectivity index (χ3v) is 3.30. The van der Waals surface area contributed by atoms with E-state index in [1.54, 1.807) is 7.11 Å². The molecule has 88 valence electrons. The Morgan fingerprint density at radius 1 is 1.38 bits per heavy atom. The fourth-order valence-electron chi connectivity index (χ4n) is 2.09. The van der Waals surface area contributed by atoms with Gasteiger partial charge < -0.3 is 10.1 Å². The number of hydrogen-bond donors (Lipinski definition) is 1. The van der Waals surface area contributed by atoms with Crippen molar-refractivity contribution in [1.82, 2.24) is 5.32 Å². The van der Waals surface area contributed by atoms with E-state index in [1.165, 1.54) is 24.0 Å².